The molecule has 154 valence electrons. The molecule has 1 saturated heterocycles. The third-order valence-electron chi connectivity index (χ3n) is 7.14. The van der Waals surface area contributed by atoms with Gasteiger partial charge in [-0.05, 0) is 67.0 Å². The maximum absolute atomic E-state index is 13.2. The van der Waals surface area contributed by atoms with Crippen molar-refractivity contribution >= 4 is 40.7 Å². The smallest absolute Gasteiger partial charge is 0.231 e. The number of carbonyl (C=O) groups is 1. The van der Waals surface area contributed by atoms with Crippen molar-refractivity contribution in [2.45, 2.75) is 37.6 Å². The Balaban J connectivity index is 1.89. The van der Waals surface area contributed by atoms with Gasteiger partial charge in [0.25, 0.3) is 0 Å². The van der Waals surface area contributed by atoms with Crippen molar-refractivity contribution in [3.63, 3.8) is 0 Å². The summed E-state index contributed by atoms with van der Waals surface area (Å²) in [5.74, 6) is 0.150. The van der Waals surface area contributed by atoms with Gasteiger partial charge in [0.15, 0.2) is 0 Å². The molecule has 3 nitrogen and oxygen atoms in total. The van der Waals surface area contributed by atoms with Crippen LogP contribution in [-0.2, 0) is 4.79 Å². The largest absolute Gasteiger partial charge is 0.395 e. The number of aliphatic hydroxyl groups excluding tert-OH is 1. The SMILES string of the molecule is C[C@@H]1[C@H]2[C@@H](c3ccc(Cl)cc3)[C@H](c3ccc(Cl)cc3Cl)CCC2(CO)C(=O)N1C. The number of hydrogen-bond donors (Lipinski definition) is 1. The fourth-order valence-corrected chi connectivity index (χ4v) is 6.34. The summed E-state index contributed by atoms with van der Waals surface area (Å²) in [6, 6.07) is 13.5. The Hall–Kier alpha value is -1.26. The Morgan fingerprint density at radius 1 is 1.10 bits per heavy atom. The fraction of sp³-hybridized carbons (Fsp3) is 0.435. The molecule has 1 unspecified atom stereocenters. The molecule has 1 aliphatic heterocycles. The van der Waals surface area contributed by atoms with Crippen molar-refractivity contribution in [1.82, 2.24) is 4.90 Å². The number of benzene rings is 2. The first kappa shape index (κ1) is 21.0. The van der Waals surface area contributed by atoms with Crippen LogP contribution in [0.4, 0.5) is 0 Å². The van der Waals surface area contributed by atoms with E-state index in [9.17, 15) is 9.90 Å². The maximum atomic E-state index is 13.2. The zero-order valence-electron chi connectivity index (χ0n) is 16.4. The quantitative estimate of drug-likeness (QED) is 0.643. The molecule has 1 heterocycles. The standard InChI is InChI=1S/C23H24Cl3NO2/c1-13-21-20(14-3-5-15(24)6-4-14)18(17-8-7-16(25)11-19(17)26)9-10-23(21,12-28)22(29)27(13)2/h3-8,11,13,18,20-21,28H,9-10,12H2,1-2H3/t13-,18+,20+,21+,23?/m1/s1. The van der Waals surface area contributed by atoms with Crippen LogP contribution in [0.1, 0.15) is 42.7 Å². The Labute approximate surface area is 186 Å². The van der Waals surface area contributed by atoms with E-state index in [4.69, 9.17) is 34.8 Å². The van der Waals surface area contributed by atoms with E-state index in [1.165, 1.54) is 0 Å². The third-order valence-corrected chi connectivity index (χ3v) is 7.95. The van der Waals surface area contributed by atoms with Crippen LogP contribution < -0.4 is 0 Å². The molecule has 1 amide bonds. The van der Waals surface area contributed by atoms with Gasteiger partial charge in [-0.1, -0.05) is 53.0 Å². The highest BCUT2D eigenvalue weighted by Crippen LogP contribution is 2.60. The normalized spacial score (nSPS) is 31.8. The van der Waals surface area contributed by atoms with Crippen molar-refractivity contribution < 1.29 is 9.90 Å². The van der Waals surface area contributed by atoms with E-state index in [0.717, 1.165) is 17.5 Å². The highest BCUT2D eigenvalue weighted by molar-refractivity contribution is 6.35. The summed E-state index contributed by atoms with van der Waals surface area (Å²) < 4.78 is 0. The summed E-state index contributed by atoms with van der Waals surface area (Å²) in [6.07, 6.45) is 1.40. The van der Waals surface area contributed by atoms with Gasteiger partial charge in [0.05, 0.1) is 12.0 Å². The molecule has 6 heteroatoms. The molecule has 1 saturated carbocycles. The molecule has 1 N–H and O–H groups in total. The van der Waals surface area contributed by atoms with Crippen molar-refractivity contribution in [1.29, 1.82) is 0 Å². The molecule has 5 atom stereocenters. The summed E-state index contributed by atoms with van der Waals surface area (Å²) >= 11 is 18.9. The second-order valence-corrected chi connectivity index (χ2v) is 9.67. The van der Waals surface area contributed by atoms with Crippen LogP contribution in [0.2, 0.25) is 15.1 Å². The van der Waals surface area contributed by atoms with Gasteiger partial charge in [0, 0.05) is 34.1 Å². The minimum absolute atomic E-state index is 0.00389. The summed E-state index contributed by atoms with van der Waals surface area (Å²) in [4.78, 5) is 15.0. The van der Waals surface area contributed by atoms with E-state index < -0.39 is 5.41 Å². The first-order valence-electron chi connectivity index (χ1n) is 9.88. The maximum Gasteiger partial charge on any atom is 0.231 e. The van der Waals surface area contributed by atoms with Crippen LogP contribution in [0.5, 0.6) is 0 Å². The van der Waals surface area contributed by atoms with E-state index in [1.807, 2.05) is 43.4 Å². The topological polar surface area (TPSA) is 40.5 Å². The molecule has 0 aromatic heterocycles. The molecule has 4 rings (SSSR count). The molecule has 0 radical (unpaired) electrons. The lowest BCUT2D eigenvalue weighted by molar-refractivity contribution is -0.140. The molecule has 0 bridgehead atoms. The van der Waals surface area contributed by atoms with Gasteiger partial charge < -0.3 is 10.0 Å². The minimum Gasteiger partial charge on any atom is -0.395 e. The lowest BCUT2D eigenvalue weighted by atomic mass is 9.55. The van der Waals surface area contributed by atoms with Gasteiger partial charge in [-0.3, -0.25) is 4.79 Å². The van der Waals surface area contributed by atoms with Crippen molar-refractivity contribution in [3.8, 4) is 0 Å². The number of halogens is 3. The van der Waals surface area contributed by atoms with Crippen LogP contribution in [0.15, 0.2) is 42.5 Å². The van der Waals surface area contributed by atoms with Crippen molar-refractivity contribution in [2.75, 3.05) is 13.7 Å². The number of amides is 1. The molecular weight excluding hydrogens is 429 g/mol. The van der Waals surface area contributed by atoms with Crippen LogP contribution >= 0.6 is 34.8 Å². The van der Waals surface area contributed by atoms with Gasteiger partial charge in [-0.15, -0.1) is 0 Å². The second kappa shape index (κ2) is 7.77. The number of likely N-dealkylation sites (tertiary alicyclic amines) is 1. The highest BCUT2D eigenvalue weighted by atomic mass is 35.5. The molecule has 0 spiro atoms. The predicted octanol–water partition coefficient (Wildman–Crippen LogP) is 5.76. The summed E-state index contributed by atoms with van der Waals surface area (Å²) in [5, 5.41) is 12.3. The number of carbonyl (C=O) groups excluding carboxylic acids is 1. The van der Waals surface area contributed by atoms with Gasteiger partial charge in [-0.25, -0.2) is 0 Å². The number of fused-ring (bicyclic) bond motifs is 1. The van der Waals surface area contributed by atoms with E-state index in [-0.39, 0.29) is 36.3 Å². The second-order valence-electron chi connectivity index (χ2n) is 8.39. The molecule has 2 aromatic carbocycles. The Morgan fingerprint density at radius 3 is 2.38 bits per heavy atom. The van der Waals surface area contributed by atoms with Gasteiger partial charge in [0.1, 0.15) is 0 Å². The molecule has 1 aliphatic carbocycles. The van der Waals surface area contributed by atoms with Crippen LogP contribution in [0, 0.1) is 11.3 Å². The minimum atomic E-state index is -0.756. The van der Waals surface area contributed by atoms with Gasteiger partial charge in [0.2, 0.25) is 5.91 Å². The first-order valence-corrected chi connectivity index (χ1v) is 11.0. The van der Waals surface area contributed by atoms with Crippen molar-refractivity contribution in [2.24, 2.45) is 11.3 Å². The lowest BCUT2D eigenvalue weighted by Crippen LogP contribution is -2.46. The van der Waals surface area contributed by atoms with E-state index in [1.54, 1.807) is 11.0 Å². The number of rotatable bonds is 3. The molecular formula is C23H24Cl3NO2. The Morgan fingerprint density at radius 2 is 1.76 bits per heavy atom. The van der Waals surface area contributed by atoms with E-state index in [0.29, 0.717) is 21.5 Å². The average molecular weight is 453 g/mol. The number of nitrogens with zero attached hydrogens (tertiary/aromatic N) is 1. The molecule has 2 fully saturated rings. The Bertz CT molecular complexity index is 932. The summed E-state index contributed by atoms with van der Waals surface area (Å²) in [6.45, 7) is 1.94. The fourth-order valence-electron chi connectivity index (χ4n) is 5.67. The monoisotopic (exact) mass is 451 g/mol. The van der Waals surface area contributed by atoms with E-state index in [2.05, 4.69) is 6.92 Å². The molecule has 2 aromatic rings. The highest BCUT2D eigenvalue weighted by Gasteiger charge is 2.62. The summed E-state index contributed by atoms with van der Waals surface area (Å²) in [5.41, 5.74) is 1.40. The van der Waals surface area contributed by atoms with E-state index >= 15 is 0 Å². The summed E-state index contributed by atoms with van der Waals surface area (Å²) in [7, 11) is 1.84. The van der Waals surface area contributed by atoms with Gasteiger partial charge in [-0.2, -0.15) is 0 Å². The predicted molar refractivity (Wildman–Crippen MR) is 118 cm³/mol. The third kappa shape index (κ3) is 3.27. The zero-order valence-corrected chi connectivity index (χ0v) is 18.7. The van der Waals surface area contributed by atoms with Crippen LogP contribution in [0.25, 0.3) is 0 Å². The Kier molecular flexibility index (Phi) is 5.63. The van der Waals surface area contributed by atoms with Crippen molar-refractivity contribution in [3.05, 3.63) is 68.7 Å². The molecule has 29 heavy (non-hydrogen) atoms. The average Bonchev–Trinajstić information content (AvgIpc) is 2.90. The zero-order chi connectivity index (χ0) is 20.9. The van der Waals surface area contributed by atoms with Crippen LogP contribution in [0.3, 0.4) is 0 Å². The lowest BCUT2D eigenvalue weighted by Gasteiger charge is -2.47. The number of hydrogen-bond acceptors (Lipinski definition) is 2. The molecule has 2 aliphatic rings. The van der Waals surface area contributed by atoms with Gasteiger partial charge >= 0.3 is 0 Å². The number of aliphatic hydroxyl groups is 1. The first-order chi connectivity index (χ1) is 13.8. The van der Waals surface area contributed by atoms with Crippen LogP contribution in [-0.4, -0.2) is 35.6 Å².